The van der Waals surface area contributed by atoms with Crippen molar-refractivity contribution in [2.24, 2.45) is 0 Å². The lowest BCUT2D eigenvalue weighted by Gasteiger charge is -2.02. The van der Waals surface area contributed by atoms with Crippen molar-refractivity contribution in [3.05, 3.63) is 95.6 Å². The topological polar surface area (TPSA) is 66.6 Å². The number of aromatic nitrogens is 4. The third kappa shape index (κ3) is 3.65. The Labute approximate surface area is 178 Å². The monoisotopic (exact) mass is 402 g/mol. The summed E-state index contributed by atoms with van der Waals surface area (Å²) in [5.41, 5.74) is 7.30. The highest BCUT2D eigenvalue weighted by molar-refractivity contribution is 5.79. The first-order chi connectivity index (χ1) is 15.3. The maximum Gasteiger partial charge on any atom is 0.153 e. The van der Waals surface area contributed by atoms with E-state index in [4.69, 9.17) is 14.7 Å². The molecule has 5 nitrogen and oxygen atoms in total. The average Bonchev–Trinajstić information content (AvgIpc) is 3.55. The van der Waals surface area contributed by atoms with Crippen molar-refractivity contribution in [2.45, 2.75) is 0 Å². The number of H-pyrrole nitrogens is 2. The Morgan fingerprint density at radius 2 is 1.13 bits per heavy atom. The molecule has 0 aliphatic carbocycles. The summed E-state index contributed by atoms with van der Waals surface area (Å²) >= 11 is 0. The van der Waals surface area contributed by atoms with Gasteiger partial charge in [-0.05, 0) is 72.8 Å². The minimum absolute atomic E-state index is 0.738. The van der Waals surface area contributed by atoms with Gasteiger partial charge in [-0.25, -0.2) is 9.97 Å². The highest BCUT2D eigenvalue weighted by atomic mass is 16.5. The van der Waals surface area contributed by atoms with Crippen LogP contribution in [0.25, 0.3) is 46.4 Å². The van der Waals surface area contributed by atoms with Gasteiger partial charge in [-0.3, -0.25) is 0 Å². The van der Waals surface area contributed by atoms with Crippen LogP contribution in [-0.4, -0.2) is 19.9 Å². The molecule has 2 N–H and O–H groups in total. The number of benzene rings is 1. The quantitative estimate of drug-likeness (QED) is 0.350. The molecule has 4 aromatic rings. The van der Waals surface area contributed by atoms with Gasteiger partial charge in [0.05, 0.1) is 28.3 Å². The zero-order valence-corrected chi connectivity index (χ0v) is 16.5. The Bertz CT molecular complexity index is 1510. The minimum Gasteiger partial charge on any atom is -0.455 e. The summed E-state index contributed by atoms with van der Waals surface area (Å²) in [6.07, 6.45) is 8.02. The number of nitrogens with one attached hydrogen (secondary N) is 2. The zero-order chi connectivity index (χ0) is 20.6. The van der Waals surface area contributed by atoms with Gasteiger partial charge in [0, 0.05) is 22.6 Å². The van der Waals surface area contributed by atoms with Crippen molar-refractivity contribution in [3.8, 4) is 11.5 Å². The van der Waals surface area contributed by atoms with E-state index in [1.54, 1.807) is 0 Å². The van der Waals surface area contributed by atoms with E-state index in [1.807, 2.05) is 97.1 Å². The SMILES string of the molecule is C1=Cc2cc3cc(Oc4ccccc4)c(cc4nc(cc5ccc(cc1n2)[nH]5)C=C4)[nH]3. The van der Waals surface area contributed by atoms with Gasteiger partial charge in [0.1, 0.15) is 5.75 Å². The summed E-state index contributed by atoms with van der Waals surface area (Å²) in [5.74, 6) is 1.52. The van der Waals surface area contributed by atoms with Gasteiger partial charge < -0.3 is 14.7 Å². The van der Waals surface area contributed by atoms with Crippen LogP contribution < -0.4 is 4.74 Å². The fraction of sp³-hybridized carbons (Fsp3) is 0. The summed E-state index contributed by atoms with van der Waals surface area (Å²) in [4.78, 5) is 16.3. The molecule has 3 aromatic heterocycles. The first-order valence-electron chi connectivity index (χ1n) is 10.1. The van der Waals surface area contributed by atoms with Crippen LogP contribution in [0.4, 0.5) is 0 Å². The molecule has 0 spiro atoms. The van der Waals surface area contributed by atoms with E-state index in [9.17, 15) is 0 Å². The molecule has 2 aliphatic heterocycles. The molecule has 5 heteroatoms. The minimum atomic E-state index is 0.738. The molecule has 5 heterocycles. The Kier molecular flexibility index (Phi) is 4.03. The Hall–Kier alpha value is -4.38. The van der Waals surface area contributed by atoms with E-state index in [0.717, 1.165) is 56.3 Å². The van der Waals surface area contributed by atoms with Crippen LogP contribution in [-0.2, 0) is 0 Å². The largest absolute Gasteiger partial charge is 0.455 e. The maximum absolute atomic E-state index is 6.16. The normalized spacial score (nSPS) is 12.3. The molecule has 0 saturated heterocycles. The summed E-state index contributed by atoms with van der Waals surface area (Å²) < 4.78 is 6.16. The summed E-state index contributed by atoms with van der Waals surface area (Å²) in [6.45, 7) is 0. The molecule has 0 amide bonds. The van der Waals surface area contributed by atoms with E-state index in [-0.39, 0.29) is 0 Å². The Morgan fingerprint density at radius 1 is 0.548 bits per heavy atom. The molecule has 148 valence electrons. The maximum atomic E-state index is 6.16. The third-order valence-corrected chi connectivity index (χ3v) is 5.10. The van der Waals surface area contributed by atoms with Crippen LogP contribution in [0.1, 0.15) is 22.8 Å². The van der Waals surface area contributed by atoms with Gasteiger partial charge in [0.15, 0.2) is 5.75 Å². The molecule has 0 fully saturated rings. The van der Waals surface area contributed by atoms with Crippen molar-refractivity contribution in [3.63, 3.8) is 0 Å². The number of fused-ring (bicyclic) bond motifs is 8. The predicted molar refractivity (Wildman–Crippen MR) is 125 cm³/mol. The highest BCUT2D eigenvalue weighted by Gasteiger charge is 2.07. The van der Waals surface area contributed by atoms with E-state index in [2.05, 4.69) is 9.97 Å². The Balaban J connectivity index is 1.60. The van der Waals surface area contributed by atoms with E-state index in [1.165, 1.54) is 0 Å². The standard InChI is InChI=1S/C26H18N4O/c1-2-4-24(5-3-1)31-26-16-23-14-21-9-8-19(28-21)12-17-6-7-18(27-17)13-20-10-11-22(29-20)15-25(26)30-23/h1-16,27,30H. The number of rotatable bonds is 2. The van der Waals surface area contributed by atoms with Gasteiger partial charge in [-0.1, -0.05) is 18.2 Å². The van der Waals surface area contributed by atoms with Crippen molar-refractivity contribution < 1.29 is 4.74 Å². The number of nitrogens with zero attached hydrogens (tertiary/aromatic N) is 2. The molecule has 1 aromatic carbocycles. The number of aromatic amines is 2. The van der Waals surface area contributed by atoms with Gasteiger partial charge in [0.25, 0.3) is 0 Å². The molecule has 8 bridgehead atoms. The van der Waals surface area contributed by atoms with Crippen molar-refractivity contribution >= 4 is 46.4 Å². The van der Waals surface area contributed by atoms with Gasteiger partial charge in [0.2, 0.25) is 0 Å². The van der Waals surface area contributed by atoms with E-state index in [0.29, 0.717) is 0 Å². The van der Waals surface area contributed by atoms with Crippen molar-refractivity contribution in [1.82, 2.24) is 19.9 Å². The van der Waals surface area contributed by atoms with Crippen molar-refractivity contribution in [1.29, 1.82) is 0 Å². The smallest absolute Gasteiger partial charge is 0.153 e. The van der Waals surface area contributed by atoms with Crippen LogP contribution in [0.2, 0.25) is 0 Å². The average molecular weight is 402 g/mol. The lowest BCUT2D eigenvalue weighted by atomic mass is 10.3. The summed E-state index contributed by atoms with van der Waals surface area (Å²) in [5, 5.41) is 0. The van der Waals surface area contributed by atoms with Crippen LogP contribution in [0.5, 0.6) is 11.5 Å². The number of para-hydroxylation sites is 1. The van der Waals surface area contributed by atoms with Crippen LogP contribution in [0.3, 0.4) is 0 Å². The third-order valence-electron chi connectivity index (χ3n) is 5.10. The fourth-order valence-corrected chi connectivity index (χ4v) is 3.69. The van der Waals surface area contributed by atoms with Gasteiger partial charge >= 0.3 is 0 Å². The van der Waals surface area contributed by atoms with Gasteiger partial charge in [-0.2, -0.15) is 0 Å². The van der Waals surface area contributed by atoms with Gasteiger partial charge in [-0.15, -0.1) is 0 Å². The fourth-order valence-electron chi connectivity index (χ4n) is 3.69. The van der Waals surface area contributed by atoms with Crippen molar-refractivity contribution in [2.75, 3.05) is 0 Å². The molecule has 0 saturated carbocycles. The number of hydrogen-bond donors (Lipinski definition) is 2. The lowest BCUT2D eigenvalue weighted by Crippen LogP contribution is -1.82. The summed E-state index contributed by atoms with van der Waals surface area (Å²) in [7, 11) is 0. The number of ether oxygens (including phenoxy) is 1. The van der Waals surface area contributed by atoms with E-state index >= 15 is 0 Å². The van der Waals surface area contributed by atoms with E-state index < -0.39 is 0 Å². The van der Waals surface area contributed by atoms with Crippen LogP contribution in [0, 0.1) is 0 Å². The summed E-state index contributed by atoms with van der Waals surface area (Å²) in [6, 6.07) is 23.9. The molecule has 6 rings (SSSR count). The molecular formula is C26H18N4O. The second kappa shape index (κ2) is 7.15. The first-order valence-corrected chi connectivity index (χ1v) is 10.1. The number of hydrogen-bond acceptors (Lipinski definition) is 3. The predicted octanol–water partition coefficient (Wildman–Crippen LogP) is 6.45. The second-order valence-corrected chi connectivity index (χ2v) is 7.45. The first kappa shape index (κ1) is 17.5. The second-order valence-electron chi connectivity index (χ2n) is 7.45. The molecule has 0 atom stereocenters. The molecule has 2 aliphatic rings. The molecule has 31 heavy (non-hydrogen) atoms. The molecule has 0 unspecified atom stereocenters. The van der Waals surface area contributed by atoms with Crippen LogP contribution in [0.15, 0.2) is 72.8 Å². The molecular weight excluding hydrogens is 384 g/mol. The lowest BCUT2D eigenvalue weighted by molar-refractivity contribution is 0.489. The molecule has 0 radical (unpaired) electrons. The van der Waals surface area contributed by atoms with Crippen LogP contribution >= 0.6 is 0 Å². The highest BCUT2D eigenvalue weighted by Crippen LogP contribution is 2.28. The zero-order valence-electron chi connectivity index (χ0n) is 16.5. The Morgan fingerprint density at radius 3 is 1.77 bits per heavy atom.